The molecule has 132 valence electrons. The predicted molar refractivity (Wildman–Crippen MR) is 74.9 cm³/mol. The van der Waals surface area contributed by atoms with Crippen molar-refractivity contribution in [3.63, 3.8) is 0 Å². The van der Waals surface area contributed by atoms with E-state index in [0.29, 0.717) is 6.07 Å². The van der Waals surface area contributed by atoms with Crippen LogP contribution in [0.25, 0.3) is 0 Å². The van der Waals surface area contributed by atoms with Crippen LogP contribution >= 0.6 is 0 Å². The smallest absolute Gasteiger partial charge is 0.380 e. The number of benzene rings is 2. The summed E-state index contributed by atoms with van der Waals surface area (Å²) in [6.07, 6.45) is -9.62. The number of nitriles is 1. The Morgan fingerprint density at radius 3 is 2.08 bits per heavy atom. The lowest BCUT2D eigenvalue weighted by Crippen LogP contribution is -2.15. The van der Waals surface area contributed by atoms with Crippen LogP contribution in [0.3, 0.4) is 0 Å². The Labute approximate surface area is 137 Å². The number of hydrogen-bond donors (Lipinski definition) is 1. The molecule has 2 aromatic carbocycles. The van der Waals surface area contributed by atoms with Crippen molar-refractivity contribution < 1.29 is 30.7 Å². The highest BCUT2D eigenvalue weighted by Crippen LogP contribution is 2.36. The molecule has 0 heterocycles. The lowest BCUT2D eigenvalue weighted by Gasteiger charge is -2.17. The van der Waals surface area contributed by atoms with Crippen molar-refractivity contribution in [3.8, 4) is 6.07 Å². The van der Waals surface area contributed by atoms with Gasteiger partial charge in [-0.25, -0.2) is 4.39 Å². The Balaban J connectivity index is 2.38. The van der Waals surface area contributed by atoms with Crippen molar-refractivity contribution in [2.24, 2.45) is 0 Å². The van der Waals surface area contributed by atoms with E-state index in [1.54, 1.807) is 6.07 Å². The maximum Gasteiger partial charge on any atom is 0.418 e. The Kier molecular flexibility index (Phi) is 4.92. The van der Waals surface area contributed by atoms with E-state index in [0.717, 1.165) is 24.3 Å². The Hall–Kier alpha value is -2.76. The number of nitrogens with one attached hydrogen (secondary N) is 1. The molecule has 0 spiro atoms. The third-order valence-electron chi connectivity index (χ3n) is 3.30. The molecule has 0 radical (unpaired) electrons. The van der Waals surface area contributed by atoms with Crippen molar-refractivity contribution in [3.05, 3.63) is 64.5 Å². The summed E-state index contributed by atoms with van der Waals surface area (Å²) in [5.74, 6) is -1.11. The van der Waals surface area contributed by atoms with Gasteiger partial charge >= 0.3 is 12.4 Å². The summed E-state index contributed by atoms with van der Waals surface area (Å²) in [6, 6.07) is 6.04. The molecule has 0 aliphatic heterocycles. The minimum absolute atomic E-state index is 0.0920. The van der Waals surface area contributed by atoms with Gasteiger partial charge in [-0.1, -0.05) is 6.07 Å². The molecule has 0 unspecified atom stereocenters. The third-order valence-corrected chi connectivity index (χ3v) is 3.30. The Morgan fingerprint density at radius 2 is 1.52 bits per heavy atom. The standard InChI is InChI=1S/C16H9F7N2/c17-11-3-2-10(13(6-11)16(21,22)23)8-25-14-5-9(7-24)1-4-12(14)15(18,19)20/h1-6,25H,8H2. The highest BCUT2D eigenvalue weighted by Gasteiger charge is 2.35. The van der Waals surface area contributed by atoms with E-state index in [-0.39, 0.29) is 11.6 Å². The maximum absolute atomic E-state index is 13.1. The molecule has 0 bridgehead atoms. The second-order valence-corrected chi connectivity index (χ2v) is 5.02. The van der Waals surface area contributed by atoms with Crippen molar-refractivity contribution in [1.29, 1.82) is 5.26 Å². The fourth-order valence-electron chi connectivity index (χ4n) is 2.16. The van der Waals surface area contributed by atoms with Gasteiger partial charge in [0, 0.05) is 12.2 Å². The normalized spacial score (nSPS) is 11.9. The predicted octanol–water partition coefficient (Wildman–Crippen LogP) is 5.35. The van der Waals surface area contributed by atoms with E-state index < -0.39 is 47.1 Å². The molecule has 25 heavy (non-hydrogen) atoms. The maximum atomic E-state index is 13.1. The molecule has 0 aromatic heterocycles. The summed E-state index contributed by atoms with van der Waals surface area (Å²) in [7, 11) is 0. The largest absolute Gasteiger partial charge is 0.418 e. The van der Waals surface area contributed by atoms with Crippen molar-refractivity contribution >= 4 is 5.69 Å². The zero-order valence-electron chi connectivity index (χ0n) is 12.3. The first-order valence-corrected chi connectivity index (χ1v) is 6.73. The molecule has 0 aliphatic carbocycles. The molecule has 0 saturated carbocycles. The molecule has 2 aromatic rings. The fourth-order valence-corrected chi connectivity index (χ4v) is 2.16. The molecule has 0 amide bonds. The molecule has 2 nitrogen and oxygen atoms in total. The number of anilines is 1. The summed E-state index contributed by atoms with van der Waals surface area (Å²) >= 11 is 0. The number of rotatable bonds is 3. The molecule has 0 aliphatic rings. The van der Waals surface area contributed by atoms with Gasteiger partial charge in [-0.15, -0.1) is 0 Å². The van der Waals surface area contributed by atoms with Crippen molar-refractivity contribution in [2.45, 2.75) is 18.9 Å². The van der Waals surface area contributed by atoms with Gasteiger partial charge in [-0.05, 0) is 35.9 Å². The first-order valence-electron chi connectivity index (χ1n) is 6.73. The van der Waals surface area contributed by atoms with Crippen LogP contribution < -0.4 is 5.32 Å². The lowest BCUT2D eigenvalue weighted by atomic mass is 10.1. The minimum atomic E-state index is -4.86. The molecule has 0 fully saturated rings. The van der Waals surface area contributed by atoms with Crippen molar-refractivity contribution in [2.75, 3.05) is 5.32 Å². The van der Waals surface area contributed by atoms with Gasteiger partial charge in [0.2, 0.25) is 0 Å². The molecule has 1 N–H and O–H groups in total. The van der Waals surface area contributed by atoms with Crippen LogP contribution in [0.15, 0.2) is 36.4 Å². The highest BCUT2D eigenvalue weighted by molar-refractivity contribution is 5.57. The first kappa shape index (κ1) is 18.6. The van der Waals surface area contributed by atoms with E-state index in [9.17, 15) is 30.7 Å². The van der Waals surface area contributed by atoms with Crippen LogP contribution in [0.2, 0.25) is 0 Å². The molecule has 0 saturated heterocycles. The van der Waals surface area contributed by atoms with Gasteiger partial charge in [-0.3, -0.25) is 0 Å². The third kappa shape index (κ3) is 4.41. The van der Waals surface area contributed by atoms with Gasteiger partial charge in [0.1, 0.15) is 5.82 Å². The van der Waals surface area contributed by atoms with Gasteiger partial charge in [0.25, 0.3) is 0 Å². The van der Waals surface area contributed by atoms with Crippen molar-refractivity contribution in [1.82, 2.24) is 0 Å². The van der Waals surface area contributed by atoms with Crippen LogP contribution in [-0.4, -0.2) is 0 Å². The van der Waals surface area contributed by atoms with E-state index >= 15 is 0 Å². The fraction of sp³-hybridized carbons (Fsp3) is 0.188. The number of alkyl halides is 6. The monoisotopic (exact) mass is 362 g/mol. The second kappa shape index (κ2) is 6.63. The minimum Gasteiger partial charge on any atom is -0.380 e. The van der Waals surface area contributed by atoms with Crippen LogP contribution in [0, 0.1) is 17.1 Å². The zero-order valence-corrected chi connectivity index (χ0v) is 12.3. The molecule has 0 atom stereocenters. The summed E-state index contributed by atoms with van der Waals surface area (Å²) in [4.78, 5) is 0. The number of hydrogen-bond acceptors (Lipinski definition) is 2. The highest BCUT2D eigenvalue weighted by atomic mass is 19.4. The number of nitrogens with zero attached hydrogens (tertiary/aromatic N) is 1. The topological polar surface area (TPSA) is 35.8 Å². The molecule has 2 rings (SSSR count). The summed E-state index contributed by atoms with van der Waals surface area (Å²) in [6.45, 7) is -0.632. The lowest BCUT2D eigenvalue weighted by molar-refractivity contribution is -0.139. The summed E-state index contributed by atoms with van der Waals surface area (Å²) < 4.78 is 90.8. The van der Waals surface area contributed by atoms with Gasteiger partial charge in [0.15, 0.2) is 0 Å². The van der Waals surface area contributed by atoms with Crippen LogP contribution in [0.1, 0.15) is 22.3 Å². The average molecular weight is 362 g/mol. The SMILES string of the molecule is N#Cc1ccc(C(F)(F)F)c(NCc2ccc(F)cc2C(F)(F)F)c1. The summed E-state index contributed by atoms with van der Waals surface area (Å²) in [5, 5.41) is 11.0. The van der Waals surface area contributed by atoms with E-state index in [2.05, 4.69) is 5.32 Å². The van der Waals surface area contributed by atoms with Gasteiger partial charge < -0.3 is 5.32 Å². The van der Waals surface area contributed by atoms with Crippen LogP contribution in [-0.2, 0) is 18.9 Å². The van der Waals surface area contributed by atoms with Gasteiger partial charge in [-0.2, -0.15) is 31.6 Å². The first-order chi connectivity index (χ1) is 11.5. The number of halogens is 7. The Morgan fingerprint density at radius 1 is 0.880 bits per heavy atom. The quantitative estimate of drug-likeness (QED) is 0.748. The zero-order chi connectivity index (χ0) is 18.8. The average Bonchev–Trinajstić information content (AvgIpc) is 2.51. The van der Waals surface area contributed by atoms with E-state index in [1.807, 2.05) is 0 Å². The molecule has 9 heteroatoms. The molecular formula is C16H9F7N2. The Bertz CT molecular complexity index is 817. The van der Waals surface area contributed by atoms with Crippen LogP contribution in [0.5, 0.6) is 0 Å². The van der Waals surface area contributed by atoms with Gasteiger partial charge in [0.05, 0.1) is 22.8 Å². The molecular weight excluding hydrogens is 353 g/mol. The second-order valence-electron chi connectivity index (χ2n) is 5.02. The van der Waals surface area contributed by atoms with Crippen LogP contribution in [0.4, 0.5) is 36.4 Å². The summed E-state index contributed by atoms with van der Waals surface area (Å²) in [5.41, 5.74) is -3.47. The van der Waals surface area contributed by atoms with E-state index in [4.69, 9.17) is 5.26 Å². The van der Waals surface area contributed by atoms with E-state index in [1.165, 1.54) is 0 Å².